The average molecular weight is 264 g/mol. The molecule has 1 atom stereocenters. The van der Waals surface area contributed by atoms with Crippen LogP contribution >= 0.6 is 0 Å². The summed E-state index contributed by atoms with van der Waals surface area (Å²) in [5.41, 5.74) is 7.01. The molecule has 0 radical (unpaired) electrons. The molecule has 0 aromatic carbocycles. The molecule has 1 fully saturated rings. The van der Waals surface area contributed by atoms with E-state index in [1.807, 2.05) is 12.1 Å². The van der Waals surface area contributed by atoms with Crippen molar-refractivity contribution in [3.05, 3.63) is 29.6 Å². The Morgan fingerprint density at radius 1 is 1.68 bits per heavy atom. The first-order valence-electron chi connectivity index (χ1n) is 6.39. The molecular weight excluding hydrogens is 244 g/mol. The van der Waals surface area contributed by atoms with Crippen LogP contribution in [0.1, 0.15) is 31.0 Å². The molecule has 0 aliphatic carbocycles. The van der Waals surface area contributed by atoms with Gasteiger partial charge in [-0.25, -0.2) is 0 Å². The molecule has 2 rings (SSSR count). The number of hydrogen-bond donors (Lipinski definition) is 3. The fourth-order valence-corrected chi connectivity index (χ4v) is 2.24. The van der Waals surface area contributed by atoms with Gasteiger partial charge in [-0.1, -0.05) is 11.2 Å². The second kappa shape index (κ2) is 5.99. The second-order valence-corrected chi connectivity index (χ2v) is 5.07. The number of ether oxygens (including phenoxy) is 1. The summed E-state index contributed by atoms with van der Waals surface area (Å²) in [6.07, 6.45) is 3.76. The fraction of sp³-hybridized carbons (Fsp3) is 0.538. The van der Waals surface area contributed by atoms with Crippen molar-refractivity contribution in [1.82, 2.24) is 10.3 Å². The van der Waals surface area contributed by atoms with E-state index in [4.69, 9.17) is 15.7 Å². The van der Waals surface area contributed by atoms with Crippen LogP contribution in [0.5, 0.6) is 0 Å². The van der Waals surface area contributed by atoms with Gasteiger partial charge in [-0.3, -0.25) is 4.98 Å². The highest BCUT2D eigenvalue weighted by atomic mass is 16.5. The van der Waals surface area contributed by atoms with Crippen LogP contribution in [0, 0.1) is 0 Å². The summed E-state index contributed by atoms with van der Waals surface area (Å²) >= 11 is 0. The van der Waals surface area contributed by atoms with Gasteiger partial charge in [-0.15, -0.1) is 0 Å². The number of rotatable bonds is 4. The highest BCUT2D eigenvalue weighted by molar-refractivity contribution is 5.96. The first-order chi connectivity index (χ1) is 9.14. The Hall–Kier alpha value is -1.66. The van der Waals surface area contributed by atoms with Gasteiger partial charge in [0.2, 0.25) is 0 Å². The van der Waals surface area contributed by atoms with Crippen LogP contribution in [-0.2, 0) is 11.3 Å². The minimum atomic E-state index is -0.0313. The third kappa shape index (κ3) is 3.42. The van der Waals surface area contributed by atoms with Crippen LogP contribution in [0.3, 0.4) is 0 Å². The predicted molar refractivity (Wildman–Crippen MR) is 72.0 cm³/mol. The summed E-state index contributed by atoms with van der Waals surface area (Å²) in [5, 5.41) is 15.3. The quantitative estimate of drug-likeness (QED) is 0.324. The molecule has 4 N–H and O–H groups in total. The zero-order valence-corrected chi connectivity index (χ0v) is 11.1. The molecular formula is C13H20N4O2. The van der Waals surface area contributed by atoms with E-state index in [1.165, 1.54) is 0 Å². The molecule has 1 aliphatic rings. The van der Waals surface area contributed by atoms with Gasteiger partial charge >= 0.3 is 0 Å². The molecule has 0 bridgehead atoms. The van der Waals surface area contributed by atoms with Gasteiger partial charge in [-0.05, 0) is 31.4 Å². The summed E-state index contributed by atoms with van der Waals surface area (Å²) in [6, 6.07) is 3.76. The van der Waals surface area contributed by atoms with E-state index in [9.17, 15) is 0 Å². The smallest absolute Gasteiger partial charge is 0.189 e. The minimum Gasteiger partial charge on any atom is -0.409 e. The first-order valence-corrected chi connectivity index (χ1v) is 6.39. The lowest BCUT2D eigenvalue weighted by Crippen LogP contribution is -2.48. The van der Waals surface area contributed by atoms with Gasteiger partial charge in [0, 0.05) is 24.9 Å². The standard InChI is InChI=1S/C13H20N4O2/c1-13(5-3-7-19-9-13)16-8-10-4-2-6-15-11(10)12(14)17-18/h2,4,6,16,18H,3,5,7-9H2,1H3,(H2,14,17). The predicted octanol–water partition coefficient (Wildman–Crippen LogP) is 0.835. The zero-order chi connectivity index (χ0) is 13.7. The Labute approximate surface area is 112 Å². The van der Waals surface area contributed by atoms with E-state index < -0.39 is 0 Å². The van der Waals surface area contributed by atoms with Crippen molar-refractivity contribution in [3.63, 3.8) is 0 Å². The number of pyridine rings is 1. The van der Waals surface area contributed by atoms with E-state index >= 15 is 0 Å². The van der Waals surface area contributed by atoms with Crippen LogP contribution < -0.4 is 11.1 Å². The molecule has 0 amide bonds. The normalized spacial score (nSPS) is 24.4. The maximum absolute atomic E-state index is 8.76. The van der Waals surface area contributed by atoms with Gasteiger partial charge in [0.05, 0.1) is 6.61 Å². The zero-order valence-electron chi connectivity index (χ0n) is 11.1. The summed E-state index contributed by atoms with van der Waals surface area (Å²) < 4.78 is 5.51. The number of nitrogens with one attached hydrogen (secondary N) is 1. The molecule has 19 heavy (non-hydrogen) atoms. The number of nitrogens with zero attached hydrogens (tertiary/aromatic N) is 2. The molecule has 0 spiro atoms. The van der Waals surface area contributed by atoms with Crippen molar-refractivity contribution < 1.29 is 9.94 Å². The van der Waals surface area contributed by atoms with Crippen LogP contribution in [0.25, 0.3) is 0 Å². The van der Waals surface area contributed by atoms with E-state index in [2.05, 4.69) is 22.4 Å². The Bertz CT molecular complexity index is 456. The average Bonchev–Trinajstić information content (AvgIpc) is 2.45. The van der Waals surface area contributed by atoms with Crippen LogP contribution in [-0.4, -0.2) is 34.8 Å². The summed E-state index contributed by atoms with van der Waals surface area (Å²) in [5.74, 6) is 0.0300. The highest BCUT2D eigenvalue weighted by Crippen LogP contribution is 2.19. The molecule has 1 unspecified atom stereocenters. The van der Waals surface area contributed by atoms with E-state index in [0.29, 0.717) is 18.8 Å². The largest absolute Gasteiger partial charge is 0.409 e. The molecule has 0 saturated carbocycles. The molecule has 1 aliphatic heterocycles. The van der Waals surface area contributed by atoms with E-state index in [-0.39, 0.29) is 11.4 Å². The Morgan fingerprint density at radius 3 is 3.21 bits per heavy atom. The van der Waals surface area contributed by atoms with Crippen LogP contribution in [0.15, 0.2) is 23.5 Å². The third-order valence-electron chi connectivity index (χ3n) is 3.39. The van der Waals surface area contributed by atoms with Gasteiger partial charge in [-0.2, -0.15) is 0 Å². The van der Waals surface area contributed by atoms with Crippen molar-refractivity contribution in [3.8, 4) is 0 Å². The van der Waals surface area contributed by atoms with Gasteiger partial charge < -0.3 is 21.0 Å². The van der Waals surface area contributed by atoms with Crippen molar-refractivity contribution in [2.24, 2.45) is 10.9 Å². The highest BCUT2D eigenvalue weighted by Gasteiger charge is 2.27. The first kappa shape index (κ1) is 13.8. The lowest BCUT2D eigenvalue weighted by Gasteiger charge is -2.34. The third-order valence-corrected chi connectivity index (χ3v) is 3.39. The van der Waals surface area contributed by atoms with Crippen LogP contribution in [0.4, 0.5) is 0 Å². The van der Waals surface area contributed by atoms with Crippen molar-refractivity contribution in [1.29, 1.82) is 0 Å². The van der Waals surface area contributed by atoms with Crippen molar-refractivity contribution in [2.75, 3.05) is 13.2 Å². The lowest BCUT2D eigenvalue weighted by atomic mass is 9.94. The molecule has 1 aromatic rings. The van der Waals surface area contributed by atoms with Gasteiger partial charge in [0.1, 0.15) is 5.69 Å². The topological polar surface area (TPSA) is 92.8 Å². The minimum absolute atomic E-state index is 0.0300. The molecule has 1 aromatic heterocycles. The van der Waals surface area contributed by atoms with Gasteiger partial charge in [0.25, 0.3) is 0 Å². The summed E-state index contributed by atoms with van der Waals surface area (Å²) in [7, 11) is 0. The number of nitrogens with two attached hydrogens (primary N) is 1. The maximum Gasteiger partial charge on any atom is 0.189 e. The number of aromatic nitrogens is 1. The Kier molecular flexibility index (Phi) is 4.34. The van der Waals surface area contributed by atoms with Crippen molar-refractivity contribution >= 4 is 5.84 Å². The van der Waals surface area contributed by atoms with Crippen molar-refractivity contribution in [2.45, 2.75) is 31.8 Å². The molecule has 104 valence electrons. The second-order valence-electron chi connectivity index (χ2n) is 5.07. The Balaban J connectivity index is 2.07. The molecule has 6 nitrogen and oxygen atoms in total. The number of oxime groups is 1. The number of hydrogen-bond acceptors (Lipinski definition) is 5. The summed E-state index contributed by atoms with van der Waals surface area (Å²) in [4.78, 5) is 4.15. The number of amidine groups is 1. The van der Waals surface area contributed by atoms with Gasteiger partial charge in [0.15, 0.2) is 5.84 Å². The molecule has 6 heteroatoms. The van der Waals surface area contributed by atoms with E-state index in [0.717, 1.165) is 25.0 Å². The Morgan fingerprint density at radius 2 is 2.53 bits per heavy atom. The van der Waals surface area contributed by atoms with E-state index in [1.54, 1.807) is 6.20 Å². The maximum atomic E-state index is 8.76. The van der Waals surface area contributed by atoms with Crippen LogP contribution in [0.2, 0.25) is 0 Å². The summed E-state index contributed by atoms with van der Waals surface area (Å²) in [6.45, 7) is 4.29. The fourth-order valence-electron chi connectivity index (χ4n) is 2.24. The monoisotopic (exact) mass is 264 g/mol. The lowest BCUT2D eigenvalue weighted by molar-refractivity contribution is 0.0277. The SMILES string of the molecule is CC1(NCc2cccnc2/C(N)=N/O)CCCOC1. The molecule has 2 heterocycles. The molecule has 1 saturated heterocycles.